The van der Waals surface area contributed by atoms with Crippen molar-refractivity contribution in [3.8, 4) is 0 Å². The first-order valence-electron chi connectivity index (χ1n) is 8.94. The lowest BCUT2D eigenvalue weighted by molar-refractivity contribution is -0.121. The van der Waals surface area contributed by atoms with Gasteiger partial charge in [-0.25, -0.2) is 0 Å². The first kappa shape index (κ1) is 18.8. The van der Waals surface area contributed by atoms with E-state index in [-0.39, 0.29) is 5.91 Å². The summed E-state index contributed by atoms with van der Waals surface area (Å²) >= 11 is 0. The molecule has 2 aromatic carbocycles. The molecule has 0 fully saturated rings. The van der Waals surface area contributed by atoms with Crippen LogP contribution in [0.3, 0.4) is 0 Å². The van der Waals surface area contributed by atoms with Gasteiger partial charge in [0.25, 0.3) is 0 Å². The fourth-order valence-corrected chi connectivity index (χ4v) is 2.64. The number of nitrogens with zero attached hydrogens (tertiary/aromatic N) is 2. The van der Waals surface area contributed by atoms with Crippen molar-refractivity contribution >= 4 is 5.91 Å². The van der Waals surface area contributed by atoms with Crippen LogP contribution in [0.4, 0.5) is 0 Å². The summed E-state index contributed by atoms with van der Waals surface area (Å²) in [4.78, 5) is 16.1. The number of carbonyl (C=O) groups excluding carboxylic acids is 1. The molecule has 0 saturated heterocycles. The van der Waals surface area contributed by atoms with Crippen molar-refractivity contribution in [1.29, 1.82) is 0 Å². The van der Waals surface area contributed by atoms with Gasteiger partial charge in [-0.1, -0.05) is 59.8 Å². The van der Waals surface area contributed by atoms with E-state index < -0.39 is 0 Å². The number of aromatic nitrogens is 2. The van der Waals surface area contributed by atoms with Gasteiger partial charge in [0, 0.05) is 19.4 Å². The Morgan fingerprint density at radius 1 is 1.04 bits per heavy atom. The molecular weight excluding hydrogens is 342 g/mol. The third-order valence-electron chi connectivity index (χ3n) is 4.00. The van der Waals surface area contributed by atoms with Gasteiger partial charge in [0.05, 0.1) is 13.2 Å². The van der Waals surface area contributed by atoms with Crippen LogP contribution in [0.2, 0.25) is 0 Å². The molecule has 3 aromatic rings. The molecule has 1 amide bonds. The summed E-state index contributed by atoms with van der Waals surface area (Å²) in [5.74, 6) is 1.02. The smallest absolute Gasteiger partial charge is 0.227 e. The standard InChI is InChI=1S/C21H23N3O3/c1-16-23-21(27-24-16)11-10-20(25)22-13-18-8-5-9-19(12-18)15-26-14-17-6-3-2-4-7-17/h2-9,12H,10-11,13-15H2,1H3,(H,22,25). The van der Waals surface area contributed by atoms with Gasteiger partial charge in [-0.3, -0.25) is 4.79 Å². The Balaban J connectivity index is 1.41. The fraction of sp³-hybridized carbons (Fsp3) is 0.286. The van der Waals surface area contributed by atoms with Crippen LogP contribution < -0.4 is 5.32 Å². The number of benzene rings is 2. The quantitative estimate of drug-likeness (QED) is 0.629. The maximum Gasteiger partial charge on any atom is 0.227 e. The minimum Gasteiger partial charge on any atom is -0.372 e. The molecule has 0 saturated carbocycles. The third kappa shape index (κ3) is 6.34. The first-order chi connectivity index (χ1) is 13.2. The molecule has 0 bridgehead atoms. The van der Waals surface area contributed by atoms with E-state index in [0.717, 1.165) is 16.7 Å². The number of nitrogens with one attached hydrogen (secondary N) is 1. The van der Waals surface area contributed by atoms with Crippen molar-refractivity contribution < 1.29 is 14.1 Å². The molecule has 1 N–H and O–H groups in total. The molecule has 1 heterocycles. The van der Waals surface area contributed by atoms with Gasteiger partial charge in [0.1, 0.15) is 0 Å². The molecule has 0 aliphatic rings. The van der Waals surface area contributed by atoms with Crippen LogP contribution in [0.5, 0.6) is 0 Å². The average molecular weight is 365 g/mol. The van der Waals surface area contributed by atoms with Gasteiger partial charge >= 0.3 is 0 Å². The molecule has 27 heavy (non-hydrogen) atoms. The number of rotatable bonds is 9. The van der Waals surface area contributed by atoms with Gasteiger partial charge in [0.2, 0.25) is 11.8 Å². The number of amides is 1. The molecule has 0 unspecified atom stereocenters. The van der Waals surface area contributed by atoms with Crippen molar-refractivity contribution in [2.75, 3.05) is 0 Å². The molecule has 6 nitrogen and oxygen atoms in total. The Hall–Kier alpha value is -2.99. The van der Waals surface area contributed by atoms with Gasteiger partial charge in [-0.2, -0.15) is 4.98 Å². The highest BCUT2D eigenvalue weighted by atomic mass is 16.5. The van der Waals surface area contributed by atoms with E-state index in [1.807, 2.05) is 54.6 Å². The highest BCUT2D eigenvalue weighted by molar-refractivity contribution is 5.76. The predicted octanol–water partition coefficient (Wildman–Crippen LogP) is 3.34. The predicted molar refractivity (Wildman–Crippen MR) is 101 cm³/mol. The van der Waals surface area contributed by atoms with Crippen LogP contribution in [-0.4, -0.2) is 16.0 Å². The Kier molecular flexibility index (Phi) is 6.71. The summed E-state index contributed by atoms with van der Waals surface area (Å²) in [5.41, 5.74) is 3.27. The van der Waals surface area contributed by atoms with E-state index in [1.54, 1.807) is 6.92 Å². The van der Waals surface area contributed by atoms with Crippen LogP contribution in [0, 0.1) is 6.92 Å². The van der Waals surface area contributed by atoms with Crippen LogP contribution >= 0.6 is 0 Å². The van der Waals surface area contributed by atoms with E-state index in [9.17, 15) is 4.79 Å². The second-order valence-electron chi connectivity index (χ2n) is 6.31. The number of aryl methyl sites for hydroxylation is 2. The maximum absolute atomic E-state index is 12.0. The Bertz CT molecular complexity index is 862. The molecule has 0 atom stereocenters. The topological polar surface area (TPSA) is 77.2 Å². The maximum atomic E-state index is 12.0. The van der Waals surface area contributed by atoms with Crippen molar-refractivity contribution in [3.63, 3.8) is 0 Å². The molecule has 0 radical (unpaired) electrons. The largest absolute Gasteiger partial charge is 0.372 e. The lowest BCUT2D eigenvalue weighted by atomic mass is 10.1. The second kappa shape index (κ2) is 9.64. The van der Waals surface area contributed by atoms with E-state index in [0.29, 0.717) is 44.3 Å². The molecule has 0 aliphatic carbocycles. The minimum atomic E-state index is -0.0448. The Morgan fingerprint density at radius 2 is 1.78 bits per heavy atom. The highest BCUT2D eigenvalue weighted by Gasteiger charge is 2.07. The molecular formula is C21H23N3O3. The zero-order chi connectivity index (χ0) is 18.9. The number of carbonyl (C=O) groups is 1. The summed E-state index contributed by atoms with van der Waals surface area (Å²) in [5, 5.41) is 6.63. The Labute approximate surface area is 158 Å². The molecule has 3 rings (SSSR count). The lowest BCUT2D eigenvalue weighted by Crippen LogP contribution is -2.23. The monoisotopic (exact) mass is 365 g/mol. The third-order valence-corrected chi connectivity index (χ3v) is 4.00. The van der Waals surface area contributed by atoms with Gasteiger partial charge in [-0.05, 0) is 23.6 Å². The van der Waals surface area contributed by atoms with Crippen molar-refractivity contribution in [3.05, 3.63) is 83.0 Å². The molecule has 140 valence electrons. The average Bonchev–Trinajstić information content (AvgIpc) is 3.11. The van der Waals surface area contributed by atoms with Crippen molar-refractivity contribution in [1.82, 2.24) is 15.5 Å². The van der Waals surface area contributed by atoms with Crippen LogP contribution in [-0.2, 0) is 35.7 Å². The molecule has 0 aliphatic heterocycles. The van der Waals surface area contributed by atoms with Crippen LogP contribution in [0.15, 0.2) is 59.1 Å². The zero-order valence-electron chi connectivity index (χ0n) is 15.4. The molecule has 0 spiro atoms. The van der Waals surface area contributed by atoms with E-state index >= 15 is 0 Å². The van der Waals surface area contributed by atoms with E-state index in [2.05, 4.69) is 15.5 Å². The SMILES string of the molecule is Cc1noc(CCC(=O)NCc2cccc(COCc3ccccc3)c2)n1. The second-order valence-corrected chi connectivity index (χ2v) is 6.31. The normalized spacial score (nSPS) is 10.7. The van der Waals surface area contributed by atoms with Crippen LogP contribution in [0.25, 0.3) is 0 Å². The minimum absolute atomic E-state index is 0.0448. The van der Waals surface area contributed by atoms with Crippen LogP contribution in [0.1, 0.15) is 34.8 Å². The van der Waals surface area contributed by atoms with Crippen molar-refractivity contribution in [2.45, 2.75) is 39.5 Å². The highest BCUT2D eigenvalue weighted by Crippen LogP contribution is 2.09. The number of hydrogen-bond acceptors (Lipinski definition) is 5. The summed E-state index contributed by atoms with van der Waals surface area (Å²) in [7, 11) is 0. The zero-order valence-corrected chi connectivity index (χ0v) is 15.4. The van der Waals surface area contributed by atoms with Gasteiger partial charge < -0.3 is 14.6 Å². The fourth-order valence-electron chi connectivity index (χ4n) is 2.64. The van der Waals surface area contributed by atoms with Gasteiger partial charge in [0.15, 0.2) is 5.82 Å². The molecule has 1 aromatic heterocycles. The van der Waals surface area contributed by atoms with Gasteiger partial charge in [-0.15, -0.1) is 0 Å². The van der Waals surface area contributed by atoms with E-state index in [1.165, 1.54) is 0 Å². The first-order valence-corrected chi connectivity index (χ1v) is 8.94. The van der Waals surface area contributed by atoms with E-state index in [4.69, 9.17) is 9.26 Å². The number of ether oxygens (including phenoxy) is 1. The molecule has 6 heteroatoms. The summed E-state index contributed by atoms with van der Waals surface area (Å²) in [6.07, 6.45) is 0.765. The van der Waals surface area contributed by atoms with Crippen molar-refractivity contribution in [2.24, 2.45) is 0 Å². The summed E-state index contributed by atoms with van der Waals surface area (Å²) in [6, 6.07) is 18.1. The summed E-state index contributed by atoms with van der Waals surface area (Å²) in [6.45, 7) is 3.35. The number of hydrogen-bond donors (Lipinski definition) is 1. The Morgan fingerprint density at radius 3 is 2.56 bits per heavy atom. The lowest BCUT2D eigenvalue weighted by Gasteiger charge is -2.08. The summed E-state index contributed by atoms with van der Waals surface area (Å²) < 4.78 is 10.8.